The molecule has 0 aromatic heterocycles. The molecule has 0 bridgehead atoms. The average Bonchev–Trinajstić information content (AvgIpc) is 2.65. The lowest BCUT2D eigenvalue weighted by Crippen LogP contribution is -2.00. The second kappa shape index (κ2) is 23.0. The Bertz CT molecular complexity index is 232. The van der Waals surface area contributed by atoms with Gasteiger partial charge in [-0.1, -0.05) is 162 Å². The first kappa shape index (κ1) is 26.0. The van der Waals surface area contributed by atoms with Gasteiger partial charge in [0.25, 0.3) is 0 Å². The van der Waals surface area contributed by atoms with Crippen molar-refractivity contribution in [3.05, 3.63) is 0 Å². The van der Waals surface area contributed by atoms with Crippen molar-refractivity contribution in [2.75, 3.05) is 0 Å². The normalized spacial score (nSPS) is 12.6. The minimum absolute atomic E-state index is 1.04. The van der Waals surface area contributed by atoms with Crippen LogP contribution in [0.3, 0.4) is 0 Å². The quantitative estimate of drug-likeness (QED) is 0.167. The van der Waals surface area contributed by atoms with E-state index in [4.69, 9.17) is 0 Å². The number of unbranched alkanes of at least 4 members (excludes halogenated alkanes) is 16. The first-order chi connectivity index (χ1) is 12.8. The van der Waals surface area contributed by atoms with Crippen molar-refractivity contribution in [1.82, 2.24) is 0 Å². The Balaban J connectivity index is 3.37. The fraction of sp³-hybridized carbons (Fsp3) is 1.00. The Hall–Kier alpha value is 0. The second-order valence-corrected chi connectivity index (χ2v) is 8.89. The number of rotatable bonds is 22. The molecule has 0 saturated heterocycles. The van der Waals surface area contributed by atoms with Crippen molar-refractivity contribution in [2.24, 2.45) is 5.92 Å². The summed E-state index contributed by atoms with van der Waals surface area (Å²) in [6.45, 7) is 6.99. The van der Waals surface area contributed by atoms with E-state index in [1.165, 1.54) is 141 Å². The molecule has 0 aromatic carbocycles. The van der Waals surface area contributed by atoms with Gasteiger partial charge in [-0.15, -0.1) is 0 Å². The highest BCUT2D eigenvalue weighted by atomic mass is 14.1. The highest BCUT2D eigenvalue weighted by Gasteiger charge is 2.07. The van der Waals surface area contributed by atoms with Crippen molar-refractivity contribution >= 4 is 0 Å². The van der Waals surface area contributed by atoms with Crippen LogP contribution >= 0.6 is 0 Å². The summed E-state index contributed by atoms with van der Waals surface area (Å²) >= 11 is 0. The van der Waals surface area contributed by atoms with Crippen molar-refractivity contribution in [3.8, 4) is 0 Å². The molecule has 0 saturated carbocycles. The van der Waals surface area contributed by atoms with Gasteiger partial charge in [-0.3, -0.25) is 0 Å². The molecule has 0 aromatic rings. The van der Waals surface area contributed by atoms with E-state index in [0.29, 0.717) is 0 Å². The van der Waals surface area contributed by atoms with Gasteiger partial charge in [0.2, 0.25) is 0 Å². The minimum Gasteiger partial charge on any atom is -0.0654 e. The number of hydrogen-bond donors (Lipinski definition) is 0. The van der Waals surface area contributed by atoms with Crippen LogP contribution in [0.15, 0.2) is 0 Å². The summed E-state index contributed by atoms with van der Waals surface area (Å²) < 4.78 is 0. The molecular formula is C26H54. The van der Waals surface area contributed by atoms with E-state index in [1.807, 2.05) is 0 Å². The summed E-state index contributed by atoms with van der Waals surface area (Å²) in [6.07, 6.45) is 32.3. The van der Waals surface area contributed by atoms with Gasteiger partial charge in [-0.05, 0) is 5.92 Å². The van der Waals surface area contributed by atoms with E-state index in [0.717, 1.165) is 5.92 Å². The maximum absolute atomic E-state index is 2.37. The standard InChI is InChI=1S/C26H54/c1-4-7-9-11-13-14-15-16-17-18-20-22-25-26(23-6-3)24-21-19-12-10-8-5-2/h26H,4-25H2,1-3H3. The molecule has 0 radical (unpaired) electrons. The average molecular weight is 367 g/mol. The van der Waals surface area contributed by atoms with E-state index >= 15 is 0 Å². The first-order valence-electron chi connectivity index (χ1n) is 12.8. The zero-order chi connectivity index (χ0) is 19.1. The molecule has 1 atom stereocenters. The van der Waals surface area contributed by atoms with Gasteiger partial charge >= 0.3 is 0 Å². The highest BCUT2D eigenvalue weighted by Crippen LogP contribution is 2.23. The maximum Gasteiger partial charge on any atom is -0.0414 e. The lowest BCUT2D eigenvalue weighted by molar-refractivity contribution is 0.377. The maximum atomic E-state index is 2.37. The fourth-order valence-corrected chi connectivity index (χ4v) is 4.33. The summed E-state index contributed by atoms with van der Waals surface area (Å²) in [5.74, 6) is 1.04. The van der Waals surface area contributed by atoms with Crippen LogP contribution in [0.5, 0.6) is 0 Å². The molecule has 0 rings (SSSR count). The molecule has 0 aliphatic carbocycles. The second-order valence-electron chi connectivity index (χ2n) is 8.89. The lowest BCUT2D eigenvalue weighted by Gasteiger charge is -2.16. The van der Waals surface area contributed by atoms with Gasteiger partial charge in [0.1, 0.15) is 0 Å². The molecule has 26 heavy (non-hydrogen) atoms. The summed E-state index contributed by atoms with van der Waals surface area (Å²) in [5, 5.41) is 0. The molecule has 0 nitrogen and oxygen atoms in total. The zero-order valence-corrected chi connectivity index (χ0v) is 19.1. The van der Waals surface area contributed by atoms with Crippen LogP contribution in [0, 0.1) is 5.92 Å². The van der Waals surface area contributed by atoms with Crippen molar-refractivity contribution in [1.29, 1.82) is 0 Å². The van der Waals surface area contributed by atoms with E-state index in [-0.39, 0.29) is 0 Å². The molecule has 0 spiro atoms. The molecule has 0 N–H and O–H groups in total. The lowest BCUT2D eigenvalue weighted by atomic mass is 9.90. The van der Waals surface area contributed by atoms with Crippen molar-refractivity contribution < 1.29 is 0 Å². The third-order valence-electron chi connectivity index (χ3n) is 6.13. The van der Waals surface area contributed by atoms with Gasteiger partial charge in [-0.25, -0.2) is 0 Å². The van der Waals surface area contributed by atoms with Gasteiger partial charge in [-0.2, -0.15) is 0 Å². The van der Waals surface area contributed by atoms with Crippen LogP contribution in [-0.2, 0) is 0 Å². The van der Waals surface area contributed by atoms with E-state index in [2.05, 4.69) is 20.8 Å². The van der Waals surface area contributed by atoms with Crippen LogP contribution in [0.4, 0.5) is 0 Å². The van der Waals surface area contributed by atoms with Crippen LogP contribution in [0.2, 0.25) is 0 Å². The van der Waals surface area contributed by atoms with Gasteiger partial charge in [0.05, 0.1) is 0 Å². The molecule has 1 unspecified atom stereocenters. The molecule has 0 heteroatoms. The van der Waals surface area contributed by atoms with Crippen LogP contribution in [0.25, 0.3) is 0 Å². The fourth-order valence-electron chi connectivity index (χ4n) is 4.33. The summed E-state index contributed by atoms with van der Waals surface area (Å²) in [6, 6.07) is 0. The Morgan fingerprint density at radius 1 is 0.308 bits per heavy atom. The van der Waals surface area contributed by atoms with Gasteiger partial charge in [0, 0.05) is 0 Å². The molecule has 0 fully saturated rings. The SMILES string of the molecule is CCCCCCCCCCCCCCC(CCC)CCCCCCCC. The zero-order valence-electron chi connectivity index (χ0n) is 19.1. The third-order valence-corrected chi connectivity index (χ3v) is 6.13. The Morgan fingerprint density at radius 3 is 0.923 bits per heavy atom. The summed E-state index contributed by atoms with van der Waals surface area (Å²) in [5.41, 5.74) is 0. The topological polar surface area (TPSA) is 0 Å². The summed E-state index contributed by atoms with van der Waals surface area (Å²) in [4.78, 5) is 0. The molecule has 158 valence electrons. The van der Waals surface area contributed by atoms with Crippen LogP contribution in [-0.4, -0.2) is 0 Å². The van der Waals surface area contributed by atoms with Crippen molar-refractivity contribution in [3.63, 3.8) is 0 Å². The predicted molar refractivity (Wildman–Crippen MR) is 122 cm³/mol. The molecule has 0 amide bonds. The van der Waals surface area contributed by atoms with E-state index in [9.17, 15) is 0 Å². The largest absolute Gasteiger partial charge is 0.0654 e. The monoisotopic (exact) mass is 366 g/mol. The minimum atomic E-state index is 1.04. The Labute approximate surface area is 168 Å². The van der Waals surface area contributed by atoms with Gasteiger partial charge < -0.3 is 0 Å². The Kier molecular flexibility index (Phi) is 23.0. The Morgan fingerprint density at radius 2 is 0.615 bits per heavy atom. The van der Waals surface area contributed by atoms with Gasteiger partial charge in [0.15, 0.2) is 0 Å². The highest BCUT2D eigenvalue weighted by molar-refractivity contribution is 4.60. The summed E-state index contributed by atoms with van der Waals surface area (Å²) in [7, 11) is 0. The predicted octanol–water partition coefficient (Wildman–Crippen LogP) is 10.2. The molecule has 0 aliphatic rings. The molecular weight excluding hydrogens is 312 g/mol. The third kappa shape index (κ3) is 20.3. The molecule has 0 aliphatic heterocycles. The van der Waals surface area contributed by atoms with Crippen molar-refractivity contribution in [2.45, 2.75) is 162 Å². The first-order valence-corrected chi connectivity index (χ1v) is 12.8. The number of hydrogen-bond acceptors (Lipinski definition) is 0. The smallest absolute Gasteiger partial charge is 0.0414 e. The van der Waals surface area contributed by atoms with Crippen LogP contribution < -0.4 is 0 Å². The van der Waals surface area contributed by atoms with Crippen LogP contribution in [0.1, 0.15) is 162 Å². The molecule has 0 heterocycles. The van der Waals surface area contributed by atoms with E-state index in [1.54, 1.807) is 0 Å². The van der Waals surface area contributed by atoms with E-state index < -0.39 is 0 Å².